The van der Waals surface area contributed by atoms with Gasteiger partial charge in [-0.3, -0.25) is 10.00 Å². The molecule has 152 valence electrons. The lowest BCUT2D eigenvalue weighted by Gasteiger charge is -2.30. The lowest BCUT2D eigenvalue weighted by Crippen LogP contribution is -2.37. The van der Waals surface area contributed by atoms with Gasteiger partial charge in [-0.05, 0) is 49.9 Å². The number of nitrogens with one attached hydrogen (secondary N) is 1. The molecule has 2 aromatic carbocycles. The molecule has 0 radical (unpaired) electrons. The maximum absolute atomic E-state index is 10.7. The molecule has 1 fully saturated rings. The van der Waals surface area contributed by atoms with Crippen LogP contribution in [0.5, 0.6) is 11.5 Å². The van der Waals surface area contributed by atoms with Gasteiger partial charge in [0, 0.05) is 36.0 Å². The third kappa shape index (κ3) is 4.46. The van der Waals surface area contributed by atoms with Crippen molar-refractivity contribution in [1.29, 1.82) is 0 Å². The monoisotopic (exact) mass is 391 g/mol. The quantitative estimate of drug-likeness (QED) is 0.629. The molecule has 1 aliphatic heterocycles. The maximum atomic E-state index is 10.7. The van der Waals surface area contributed by atoms with E-state index in [9.17, 15) is 5.11 Å². The minimum Gasteiger partial charge on any atom is -0.507 e. The number of aromatic amines is 1. The molecule has 0 spiro atoms. The van der Waals surface area contributed by atoms with Crippen LogP contribution in [-0.4, -0.2) is 46.4 Å². The number of aromatic hydroxyl groups is 1. The molecule has 1 saturated heterocycles. The Morgan fingerprint density at radius 3 is 2.79 bits per heavy atom. The van der Waals surface area contributed by atoms with Crippen LogP contribution in [-0.2, 0) is 0 Å². The molecule has 1 aliphatic rings. The lowest BCUT2D eigenvalue weighted by atomic mass is 9.99. The Labute approximate surface area is 172 Å². The average molecular weight is 392 g/mol. The smallest absolute Gasteiger partial charge is 0.128 e. The van der Waals surface area contributed by atoms with E-state index in [4.69, 9.17) is 4.74 Å². The number of phenolic OH excluding ortho intramolecular Hbond substituents is 1. The average Bonchev–Trinajstić information content (AvgIpc) is 3.10. The first-order valence-corrected chi connectivity index (χ1v) is 10.4. The Bertz CT molecular complexity index is 952. The van der Waals surface area contributed by atoms with E-state index >= 15 is 0 Å². The van der Waals surface area contributed by atoms with E-state index in [2.05, 4.69) is 34.2 Å². The summed E-state index contributed by atoms with van der Waals surface area (Å²) in [5.74, 6) is 1.63. The van der Waals surface area contributed by atoms with Crippen LogP contribution in [0.2, 0.25) is 0 Å². The van der Waals surface area contributed by atoms with E-state index in [0.29, 0.717) is 17.9 Å². The van der Waals surface area contributed by atoms with E-state index in [0.717, 1.165) is 48.1 Å². The second kappa shape index (κ2) is 8.70. The number of benzene rings is 2. The molecule has 0 bridgehead atoms. The van der Waals surface area contributed by atoms with Gasteiger partial charge in [0.1, 0.15) is 23.8 Å². The van der Waals surface area contributed by atoms with Crippen molar-refractivity contribution in [3.05, 3.63) is 54.2 Å². The first-order chi connectivity index (χ1) is 14.1. The Kier molecular flexibility index (Phi) is 5.86. The Balaban J connectivity index is 1.47. The highest BCUT2D eigenvalue weighted by Gasteiger charge is 2.18. The molecule has 1 atom stereocenters. The molecule has 2 heterocycles. The van der Waals surface area contributed by atoms with Crippen LogP contribution in [0.25, 0.3) is 22.4 Å². The van der Waals surface area contributed by atoms with Crippen LogP contribution in [0, 0.1) is 12.8 Å². The molecule has 2 N–H and O–H groups in total. The van der Waals surface area contributed by atoms with Gasteiger partial charge in [0.25, 0.3) is 0 Å². The molecule has 5 heteroatoms. The van der Waals surface area contributed by atoms with Crippen LogP contribution in [0.15, 0.2) is 48.5 Å². The molecule has 0 saturated carbocycles. The number of ether oxygens (including phenoxy) is 1. The highest BCUT2D eigenvalue weighted by atomic mass is 16.5. The molecule has 4 rings (SSSR count). The zero-order valence-corrected chi connectivity index (χ0v) is 17.2. The Morgan fingerprint density at radius 1 is 1.21 bits per heavy atom. The van der Waals surface area contributed by atoms with Crippen molar-refractivity contribution >= 4 is 0 Å². The maximum Gasteiger partial charge on any atom is 0.128 e. The molecule has 5 nitrogen and oxygen atoms in total. The number of piperidine rings is 1. The van der Waals surface area contributed by atoms with Crippen LogP contribution in [0.3, 0.4) is 0 Å². The fourth-order valence-electron chi connectivity index (χ4n) is 4.17. The van der Waals surface area contributed by atoms with E-state index in [1.54, 1.807) is 6.07 Å². The first-order valence-electron chi connectivity index (χ1n) is 10.4. The predicted molar refractivity (Wildman–Crippen MR) is 116 cm³/mol. The summed E-state index contributed by atoms with van der Waals surface area (Å²) in [7, 11) is 0. The number of phenols is 1. The molecule has 1 aromatic heterocycles. The minimum atomic E-state index is 0.178. The van der Waals surface area contributed by atoms with Gasteiger partial charge in [0.15, 0.2) is 0 Å². The van der Waals surface area contributed by atoms with Gasteiger partial charge in [-0.1, -0.05) is 37.3 Å². The summed E-state index contributed by atoms with van der Waals surface area (Å²) in [5, 5.41) is 18.2. The van der Waals surface area contributed by atoms with Crippen LogP contribution in [0.4, 0.5) is 0 Å². The molecular weight excluding hydrogens is 362 g/mol. The van der Waals surface area contributed by atoms with Crippen molar-refractivity contribution in [1.82, 2.24) is 15.1 Å². The van der Waals surface area contributed by atoms with Crippen molar-refractivity contribution in [3.8, 4) is 33.9 Å². The number of hydrogen-bond acceptors (Lipinski definition) is 4. The molecule has 3 aromatic rings. The minimum absolute atomic E-state index is 0.178. The lowest BCUT2D eigenvalue weighted by molar-refractivity contribution is 0.153. The number of aromatic nitrogens is 2. The normalized spacial score (nSPS) is 17.4. The number of rotatable bonds is 6. The summed E-state index contributed by atoms with van der Waals surface area (Å²) in [6.45, 7) is 8.15. The van der Waals surface area contributed by atoms with Gasteiger partial charge in [0.2, 0.25) is 0 Å². The molecule has 0 aliphatic carbocycles. The van der Waals surface area contributed by atoms with Gasteiger partial charge in [-0.15, -0.1) is 0 Å². The SMILES string of the molecule is Cc1[nH]nc(-c2ccc(OCCN3CCCC(C)C3)cc2O)c1-c1ccccc1. The second-order valence-corrected chi connectivity index (χ2v) is 8.01. The zero-order valence-electron chi connectivity index (χ0n) is 17.2. The van der Waals surface area contributed by atoms with Gasteiger partial charge in [-0.25, -0.2) is 0 Å². The summed E-state index contributed by atoms with van der Waals surface area (Å²) in [6.07, 6.45) is 2.59. The Morgan fingerprint density at radius 2 is 2.03 bits per heavy atom. The fraction of sp³-hybridized carbons (Fsp3) is 0.375. The van der Waals surface area contributed by atoms with Crippen molar-refractivity contribution in [2.24, 2.45) is 5.92 Å². The van der Waals surface area contributed by atoms with Gasteiger partial charge >= 0.3 is 0 Å². The highest BCUT2D eigenvalue weighted by molar-refractivity contribution is 5.85. The third-order valence-corrected chi connectivity index (χ3v) is 5.65. The summed E-state index contributed by atoms with van der Waals surface area (Å²) in [5.41, 5.74) is 4.50. The summed E-state index contributed by atoms with van der Waals surface area (Å²) >= 11 is 0. The van der Waals surface area contributed by atoms with E-state index in [-0.39, 0.29) is 5.75 Å². The molecule has 0 amide bonds. The summed E-state index contributed by atoms with van der Waals surface area (Å²) in [4.78, 5) is 2.46. The van der Waals surface area contributed by atoms with E-state index in [1.165, 1.54) is 12.8 Å². The van der Waals surface area contributed by atoms with Crippen LogP contribution < -0.4 is 4.74 Å². The second-order valence-electron chi connectivity index (χ2n) is 8.01. The molecule has 29 heavy (non-hydrogen) atoms. The standard InChI is InChI=1S/C24H29N3O2/c1-17-7-6-12-27(16-17)13-14-29-20-10-11-21(22(28)15-20)24-23(18(2)25-26-24)19-8-4-3-5-9-19/h3-5,8-11,15,17,28H,6-7,12-14,16H2,1-2H3,(H,25,26). The van der Waals surface area contributed by atoms with Crippen molar-refractivity contribution < 1.29 is 9.84 Å². The number of aryl methyl sites for hydroxylation is 1. The van der Waals surface area contributed by atoms with Gasteiger partial charge in [0.05, 0.1) is 0 Å². The van der Waals surface area contributed by atoms with Gasteiger partial charge < -0.3 is 9.84 Å². The molecular formula is C24H29N3O2. The van der Waals surface area contributed by atoms with Gasteiger partial charge in [-0.2, -0.15) is 5.10 Å². The van der Waals surface area contributed by atoms with E-state index < -0.39 is 0 Å². The number of H-pyrrole nitrogens is 1. The number of nitrogens with zero attached hydrogens (tertiary/aromatic N) is 2. The fourth-order valence-corrected chi connectivity index (χ4v) is 4.17. The Hall–Kier alpha value is -2.79. The van der Waals surface area contributed by atoms with Crippen molar-refractivity contribution in [2.75, 3.05) is 26.2 Å². The zero-order chi connectivity index (χ0) is 20.2. The summed E-state index contributed by atoms with van der Waals surface area (Å²) in [6, 6.07) is 15.6. The largest absolute Gasteiger partial charge is 0.507 e. The van der Waals surface area contributed by atoms with Crippen LogP contribution >= 0.6 is 0 Å². The molecule has 1 unspecified atom stereocenters. The van der Waals surface area contributed by atoms with E-state index in [1.807, 2.05) is 37.3 Å². The van der Waals surface area contributed by atoms with Crippen molar-refractivity contribution in [2.45, 2.75) is 26.7 Å². The predicted octanol–water partition coefficient (Wildman–Crippen LogP) is 4.87. The number of likely N-dealkylation sites (tertiary alicyclic amines) is 1. The van der Waals surface area contributed by atoms with Crippen molar-refractivity contribution in [3.63, 3.8) is 0 Å². The highest BCUT2D eigenvalue weighted by Crippen LogP contribution is 2.38. The first kappa shape index (κ1) is 19.5. The summed E-state index contributed by atoms with van der Waals surface area (Å²) < 4.78 is 5.91. The van der Waals surface area contributed by atoms with Crippen LogP contribution in [0.1, 0.15) is 25.5 Å². The topological polar surface area (TPSA) is 61.4 Å². The third-order valence-electron chi connectivity index (χ3n) is 5.65. The number of hydrogen-bond donors (Lipinski definition) is 2.